The second-order valence-electron chi connectivity index (χ2n) is 2.67. The van der Waals surface area contributed by atoms with Gasteiger partial charge in [-0.2, -0.15) is 0 Å². The van der Waals surface area contributed by atoms with Gasteiger partial charge >= 0.3 is 7.12 Å². The summed E-state index contributed by atoms with van der Waals surface area (Å²) in [6.07, 6.45) is -0.218. The Kier molecular flexibility index (Phi) is 3.94. The van der Waals surface area contributed by atoms with Crippen LogP contribution in [0.3, 0.4) is 0 Å². The number of nitrogens with one attached hydrogen (secondary N) is 1. The van der Waals surface area contributed by atoms with E-state index >= 15 is 0 Å². The minimum absolute atomic E-state index is 0.218. The maximum Gasteiger partial charge on any atom is 0.472 e. The monoisotopic (exact) mass is 213 g/mol. The summed E-state index contributed by atoms with van der Waals surface area (Å²) < 4.78 is 0. The minimum atomic E-state index is -1.55. The molecular weight excluding hydrogens is 204 g/mol. The van der Waals surface area contributed by atoms with Gasteiger partial charge in [0.05, 0.1) is 17.0 Å². The molecule has 1 aromatic rings. The Bertz CT molecular complexity index is 332. The van der Waals surface area contributed by atoms with E-state index in [0.29, 0.717) is 10.6 Å². The zero-order chi connectivity index (χ0) is 10.6. The van der Waals surface area contributed by atoms with E-state index in [4.69, 9.17) is 21.6 Å². The van der Waals surface area contributed by atoms with Crippen molar-refractivity contribution in [1.82, 2.24) is 5.32 Å². The molecule has 0 heterocycles. The molecule has 6 heteroatoms. The van der Waals surface area contributed by atoms with Gasteiger partial charge in [-0.05, 0) is 12.1 Å². The highest BCUT2D eigenvalue weighted by Gasteiger charge is 2.12. The molecule has 74 valence electrons. The second-order valence-corrected chi connectivity index (χ2v) is 3.08. The highest BCUT2D eigenvalue weighted by atomic mass is 35.5. The van der Waals surface area contributed by atoms with Gasteiger partial charge in [0.15, 0.2) is 0 Å². The standard InChI is InChI=1S/C8H9BClNO3/c10-7-4-2-1-3-6(7)8(12)11-5-9(13)14/h1-4,13-14H,5H2,(H,11,12). The number of halogens is 1. The number of carbonyl (C=O) groups is 1. The van der Waals surface area contributed by atoms with E-state index < -0.39 is 13.0 Å². The van der Waals surface area contributed by atoms with Gasteiger partial charge in [0.2, 0.25) is 0 Å². The molecule has 0 fully saturated rings. The fourth-order valence-electron chi connectivity index (χ4n) is 0.925. The molecule has 0 bridgehead atoms. The first kappa shape index (κ1) is 11.0. The fourth-order valence-corrected chi connectivity index (χ4v) is 1.15. The molecule has 3 N–H and O–H groups in total. The average molecular weight is 213 g/mol. The lowest BCUT2D eigenvalue weighted by Crippen LogP contribution is -2.35. The summed E-state index contributed by atoms with van der Waals surface area (Å²) in [6, 6.07) is 6.53. The summed E-state index contributed by atoms with van der Waals surface area (Å²) in [5.74, 6) is -0.427. The van der Waals surface area contributed by atoms with Crippen LogP contribution in [-0.4, -0.2) is 29.5 Å². The number of carbonyl (C=O) groups excluding carboxylic acids is 1. The number of amides is 1. The molecule has 0 unspecified atom stereocenters. The smallest absolute Gasteiger partial charge is 0.426 e. The molecule has 0 aliphatic rings. The van der Waals surface area contributed by atoms with Gasteiger partial charge in [-0.25, -0.2) is 0 Å². The zero-order valence-electron chi connectivity index (χ0n) is 7.27. The minimum Gasteiger partial charge on any atom is -0.426 e. The van der Waals surface area contributed by atoms with E-state index in [9.17, 15) is 4.79 Å². The first-order valence-corrected chi connectivity index (χ1v) is 4.38. The normalized spacial score (nSPS) is 9.64. The highest BCUT2D eigenvalue weighted by Crippen LogP contribution is 2.14. The molecule has 1 aromatic carbocycles. The van der Waals surface area contributed by atoms with Crippen molar-refractivity contribution in [3.05, 3.63) is 34.9 Å². The van der Waals surface area contributed by atoms with Crippen molar-refractivity contribution in [3.8, 4) is 0 Å². The maximum absolute atomic E-state index is 11.4. The molecular formula is C8H9BClNO3. The van der Waals surface area contributed by atoms with Crippen molar-refractivity contribution in [3.63, 3.8) is 0 Å². The molecule has 0 aliphatic carbocycles. The number of benzene rings is 1. The number of rotatable bonds is 3. The Morgan fingerprint density at radius 1 is 1.43 bits per heavy atom. The first-order chi connectivity index (χ1) is 6.61. The summed E-state index contributed by atoms with van der Waals surface area (Å²) in [5, 5.41) is 19.7. The lowest BCUT2D eigenvalue weighted by atomic mass is 9.92. The second kappa shape index (κ2) is 5.00. The Morgan fingerprint density at radius 3 is 2.64 bits per heavy atom. The predicted molar refractivity (Wildman–Crippen MR) is 54.0 cm³/mol. The van der Waals surface area contributed by atoms with Gasteiger partial charge < -0.3 is 15.4 Å². The summed E-state index contributed by atoms with van der Waals surface area (Å²) in [5.41, 5.74) is 0.315. The van der Waals surface area contributed by atoms with Crippen LogP contribution in [0.4, 0.5) is 0 Å². The molecule has 0 atom stereocenters. The summed E-state index contributed by atoms with van der Waals surface area (Å²) in [6.45, 7) is 0. The molecule has 1 rings (SSSR count). The maximum atomic E-state index is 11.4. The SMILES string of the molecule is O=C(NCB(O)O)c1ccccc1Cl. The Balaban J connectivity index is 2.65. The number of hydrogen-bond acceptors (Lipinski definition) is 3. The van der Waals surface area contributed by atoms with Gasteiger partial charge in [0.25, 0.3) is 5.91 Å². The third kappa shape index (κ3) is 3.03. The van der Waals surface area contributed by atoms with E-state index in [0.717, 1.165) is 0 Å². The molecule has 0 saturated carbocycles. The quantitative estimate of drug-likeness (QED) is 0.623. The summed E-state index contributed by atoms with van der Waals surface area (Å²) in [7, 11) is -1.55. The van der Waals surface area contributed by atoms with Crippen molar-refractivity contribution in [1.29, 1.82) is 0 Å². The summed E-state index contributed by atoms with van der Waals surface area (Å²) >= 11 is 5.75. The van der Waals surface area contributed by atoms with Gasteiger partial charge in [-0.1, -0.05) is 23.7 Å². The zero-order valence-corrected chi connectivity index (χ0v) is 8.03. The van der Waals surface area contributed by atoms with Crippen LogP contribution in [0.2, 0.25) is 5.02 Å². The molecule has 1 amide bonds. The third-order valence-electron chi connectivity index (χ3n) is 1.56. The van der Waals surface area contributed by atoms with Crippen LogP contribution in [0.5, 0.6) is 0 Å². The van der Waals surface area contributed by atoms with E-state index in [2.05, 4.69) is 5.32 Å². The molecule has 0 radical (unpaired) electrons. The molecule has 14 heavy (non-hydrogen) atoms. The van der Waals surface area contributed by atoms with Crippen LogP contribution in [0.1, 0.15) is 10.4 Å². The van der Waals surface area contributed by atoms with Crippen molar-refractivity contribution in [2.24, 2.45) is 0 Å². The molecule has 0 saturated heterocycles. The predicted octanol–water partition coefficient (Wildman–Crippen LogP) is 0.0818. The average Bonchev–Trinajstić information content (AvgIpc) is 2.15. The lowest BCUT2D eigenvalue weighted by Gasteiger charge is -2.05. The van der Waals surface area contributed by atoms with E-state index in [1.54, 1.807) is 24.3 Å². The molecule has 0 spiro atoms. The van der Waals surface area contributed by atoms with Crippen LogP contribution in [0, 0.1) is 0 Å². The highest BCUT2D eigenvalue weighted by molar-refractivity contribution is 6.41. The first-order valence-electron chi connectivity index (χ1n) is 4.00. The van der Waals surface area contributed by atoms with Gasteiger partial charge in [0.1, 0.15) is 0 Å². The van der Waals surface area contributed by atoms with Crippen LogP contribution < -0.4 is 5.32 Å². The Morgan fingerprint density at radius 2 is 2.07 bits per heavy atom. The third-order valence-corrected chi connectivity index (χ3v) is 1.89. The fraction of sp³-hybridized carbons (Fsp3) is 0.125. The van der Waals surface area contributed by atoms with Gasteiger partial charge in [-0.15, -0.1) is 0 Å². The van der Waals surface area contributed by atoms with Crippen LogP contribution in [0.15, 0.2) is 24.3 Å². The van der Waals surface area contributed by atoms with E-state index in [1.165, 1.54) is 0 Å². The Hall–Kier alpha value is -1.04. The van der Waals surface area contributed by atoms with Crippen molar-refractivity contribution in [2.45, 2.75) is 0 Å². The van der Waals surface area contributed by atoms with Crippen LogP contribution >= 0.6 is 11.6 Å². The van der Waals surface area contributed by atoms with Gasteiger partial charge in [-0.3, -0.25) is 4.79 Å². The molecule has 0 aromatic heterocycles. The van der Waals surface area contributed by atoms with Crippen LogP contribution in [-0.2, 0) is 0 Å². The topological polar surface area (TPSA) is 69.6 Å². The van der Waals surface area contributed by atoms with Crippen LogP contribution in [0.25, 0.3) is 0 Å². The summed E-state index contributed by atoms with van der Waals surface area (Å²) in [4.78, 5) is 11.4. The van der Waals surface area contributed by atoms with E-state index in [-0.39, 0.29) is 6.44 Å². The molecule has 4 nitrogen and oxygen atoms in total. The van der Waals surface area contributed by atoms with Gasteiger partial charge in [0, 0.05) is 0 Å². The van der Waals surface area contributed by atoms with E-state index in [1.807, 2.05) is 0 Å². The Labute approximate surface area is 86.7 Å². The lowest BCUT2D eigenvalue weighted by molar-refractivity contribution is 0.0956. The van der Waals surface area contributed by atoms with Crippen molar-refractivity contribution < 1.29 is 14.8 Å². The largest absolute Gasteiger partial charge is 0.472 e. The van der Waals surface area contributed by atoms with Crippen molar-refractivity contribution in [2.75, 3.05) is 6.44 Å². The van der Waals surface area contributed by atoms with Crippen molar-refractivity contribution >= 4 is 24.6 Å². The number of hydrogen-bond donors (Lipinski definition) is 3. The molecule has 0 aliphatic heterocycles.